The second-order valence-electron chi connectivity index (χ2n) is 7.26. The van der Waals surface area contributed by atoms with Crippen molar-refractivity contribution in [2.75, 3.05) is 11.9 Å². The number of aryl methyl sites for hydroxylation is 1. The summed E-state index contributed by atoms with van der Waals surface area (Å²) in [5.41, 5.74) is 1.94. The van der Waals surface area contributed by atoms with Gasteiger partial charge in [-0.05, 0) is 36.8 Å². The van der Waals surface area contributed by atoms with Crippen molar-refractivity contribution in [1.29, 1.82) is 0 Å². The number of esters is 1. The van der Waals surface area contributed by atoms with Crippen molar-refractivity contribution in [3.8, 4) is 0 Å². The van der Waals surface area contributed by atoms with E-state index in [4.69, 9.17) is 16.3 Å². The first-order valence-electron chi connectivity index (χ1n) is 10.1. The van der Waals surface area contributed by atoms with Gasteiger partial charge in [0.05, 0.1) is 21.7 Å². The zero-order chi connectivity index (χ0) is 24.7. The molecule has 0 aliphatic carbocycles. The number of nitrogens with one attached hydrogen (secondary N) is 2. The van der Waals surface area contributed by atoms with Gasteiger partial charge in [-0.1, -0.05) is 53.6 Å². The maximum absolute atomic E-state index is 12.6. The molecular formula is C24H20ClN3O6. The summed E-state index contributed by atoms with van der Waals surface area (Å²) in [6.45, 7) is 1.62. The van der Waals surface area contributed by atoms with Crippen LogP contribution >= 0.6 is 11.6 Å². The molecular weight excluding hydrogens is 462 g/mol. The molecule has 0 spiro atoms. The number of nitrogens with zero attached hydrogens (tertiary/aromatic N) is 1. The predicted octanol–water partition coefficient (Wildman–Crippen LogP) is 4.28. The molecule has 0 atom stereocenters. The summed E-state index contributed by atoms with van der Waals surface area (Å²) in [5.74, 6) is -2.00. The highest BCUT2D eigenvalue weighted by Gasteiger charge is 2.19. The molecule has 174 valence electrons. The lowest BCUT2D eigenvalue weighted by molar-refractivity contribution is -0.384. The smallest absolute Gasteiger partial charge is 0.338 e. The van der Waals surface area contributed by atoms with E-state index >= 15 is 0 Å². The molecule has 0 unspecified atom stereocenters. The Morgan fingerprint density at radius 2 is 1.74 bits per heavy atom. The second kappa shape index (κ2) is 11.1. The second-order valence-corrected chi connectivity index (χ2v) is 7.67. The zero-order valence-electron chi connectivity index (χ0n) is 18.0. The summed E-state index contributed by atoms with van der Waals surface area (Å²) in [6.07, 6.45) is 0. The molecule has 9 nitrogen and oxygen atoms in total. The summed E-state index contributed by atoms with van der Waals surface area (Å²) in [6, 6.07) is 17.5. The summed E-state index contributed by atoms with van der Waals surface area (Å²) in [7, 11) is 0. The minimum atomic E-state index is -0.931. The monoisotopic (exact) mass is 481 g/mol. The standard InChI is InChI=1S/C24H20ClN3O6/c1-15-6-8-16(9-7-15)13-26-23(30)18-4-2-3-5-20(18)27-22(29)14-34-24(31)17-10-11-19(25)21(12-17)28(32)33/h2-12H,13-14H2,1H3,(H,26,30)(H,27,29). The number of benzene rings is 3. The fraction of sp³-hybridized carbons (Fsp3) is 0.125. The number of ether oxygens (including phenoxy) is 1. The highest BCUT2D eigenvalue weighted by atomic mass is 35.5. The number of amides is 2. The topological polar surface area (TPSA) is 128 Å². The summed E-state index contributed by atoms with van der Waals surface area (Å²) >= 11 is 5.73. The zero-order valence-corrected chi connectivity index (χ0v) is 18.8. The molecule has 0 radical (unpaired) electrons. The van der Waals surface area contributed by atoms with E-state index in [0.29, 0.717) is 6.54 Å². The van der Waals surface area contributed by atoms with Gasteiger partial charge in [0.15, 0.2) is 6.61 Å². The Bertz CT molecular complexity index is 1240. The molecule has 3 rings (SSSR count). The first kappa shape index (κ1) is 24.4. The Kier molecular flexibility index (Phi) is 7.94. The number of nitro benzene ring substituents is 1. The molecule has 0 aliphatic rings. The summed E-state index contributed by atoms with van der Waals surface area (Å²) < 4.78 is 4.93. The van der Waals surface area contributed by atoms with Crippen LogP contribution in [-0.2, 0) is 16.1 Å². The van der Waals surface area contributed by atoms with Crippen LogP contribution in [0.1, 0.15) is 31.8 Å². The van der Waals surface area contributed by atoms with Crippen molar-refractivity contribution in [3.63, 3.8) is 0 Å². The Labute approximate surface area is 199 Å². The third kappa shape index (κ3) is 6.39. The van der Waals surface area contributed by atoms with Crippen LogP contribution in [0.25, 0.3) is 0 Å². The number of para-hydroxylation sites is 1. The lowest BCUT2D eigenvalue weighted by atomic mass is 10.1. The molecule has 3 aromatic carbocycles. The Balaban J connectivity index is 1.59. The molecule has 0 bridgehead atoms. The van der Waals surface area contributed by atoms with Crippen molar-refractivity contribution < 1.29 is 24.0 Å². The summed E-state index contributed by atoms with van der Waals surface area (Å²) in [5, 5.41) is 16.2. The lowest BCUT2D eigenvalue weighted by Crippen LogP contribution is -2.26. The van der Waals surface area contributed by atoms with Gasteiger partial charge in [0, 0.05) is 12.6 Å². The van der Waals surface area contributed by atoms with E-state index in [0.717, 1.165) is 17.2 Å². The van der Waals surface area contributed by atoms with Crippen molar-refractivity contribution in [2.24, 2.45) is 0 Å². The molecule has 34 heavy (non-hydrogen) atoms. The molecule has 0 heterocycles. The quantitative estimate of drug-likeness (QED) is 0.281. The number of hydrogen-bond acceptors (Lipinski definition) is 6. The molecule has 10 heteroatoms. The van der Waals surface area contributed by atoms with Gasteiger partial charge < -0.3 is 15.4 Å². The number of carbonyl (C=O) groups excluding carboxylic acids is 3. The molecule has 0 saturated heterocycles. The number of anilines is 1. The fourth-order valence-electron chi connectivity index (χ4n) is 2.95. The lowest BCUT2D eigenvalue weighted by Gasteiger charge is -2.12. The Morgan fingerprint density at radius 3 is 2.44 bits per heavy atom. The van der Waals surface area contributed by atoms with Crippen LogP contribution in [-0.4, -0.2) is 29.3 Å². The number of halogens is 1. The van der Waals surface area contributed by atoms with E-state index in [-0.39, 0.29) is 27.7 Å². The molecule has 0 fully saturated rings. The largest absolute Gasteiger partial charge is 0.452 e. The minimum absolute atomic E-state index is 0.125. The van der Waals surface area contributed by atoms with Gasteiger partial charge in [0.2, 0.25) is 0 Å². The van der Waals surface area contributed by atoms with E-state index in [2.05, 4.69) is 10.6 Å². The molecule has 0 aliphatic heterocycles. The van der Waals surface area contributed by atoms with Gasteiger partial charge in [-0.25, -0.2) is 4.79 Å². The highest BCUT2D eigenvalue weighted by molar-refractivity contribution is 6.32. The van der Waals surface area contributed by atoms with Gasteiger partial charge in [0.25, 0.3) is 17.5 Å². The van der Waals surface area contributed by atoms with Gasteiger partial charge in [-0.3, -0.25) is 19.7 Å². The van der Waals surface area contributed by atoms with Crippen LogP contribution < -0.4 is 10.6 Å². The molecule has 2 amide bonds. The summed E-state index contributed by atoms with van der Waals surface area (Å²) in [4.78, 5) is 47.4. The maximum Gasteiger partial charge on any atom is 0.338 e. The SMILES string of the molecule is Cc1ccc(CNC(=O)c2ccccc2NC(=O)COC(=O)c2ccc(Cl)c([N+](=O)[O-])c2)cc1. The highest BCUT2D eigenvalue weighted by Crippen LogP contribution is 2.25. The molecule has 2 N–H and O–H groups in total. The molecule has 0 saturated carbocycles. The first-order valence-corrected chi connectivity index (χ1v) is 10.5. The van der Waals surface area contributed by atoms with Crippen LogP contribution in [0.15, 0.2) is 66.7 Å². The van der Waals surface area contributed by atoms with Crippen LogP contribution in [0.5, 0.6) is 0 Å². The first-order chi connectivity index (χ1) is 16.2. The van der Waals surface area contributed by atoms with Crippen LogP contribution in [0.2, 0.25) is 5.02 Å². The van der Waals surface area contributed by atoms with Gasteiger partial charge >= 0.3 is 5.97 Å². The third-order valence-electron chi connectivity index (χ3n) is 4.73. The van der Waals surface area contributed by atoms with E-state index in [9.17, 15) is 24.5 Å². The van der Waals surface area contributed by atoms with Gasteiger partial charge in [-0.2, -0.15) is 0 Å². The maximum atomic E-state index is 12.6. The van der Waals surface area contributed by atoms with E-state index in [1.807, 2.05) is 31.2 Å². The normalized spacial score (nSPS) is 10.3. The third-order valence-corrected chi connectivity index (χ3v) is 5.05. The fourth-order valence-corrected chi connectivity index (χ4v) is 3.14. The number of rotatable bonds is 8. The van der Waals surface area contributed by atoms with Crippen molar-refractivity contribution in [2.45, 2.75) is 13.5 Å². The Hall–Kier alpha value is -4.24. The van der Waals surface area contributed by atoms with Gasteiger partial charge in [-0.15, -0.1) is 0 Å². The Morgan fingerprint density at radius 1 is 1.03 bits per heavy atom. The average Bonchev–Trinajstić information content (AvgIpc) is 2.82. The van der Waals surface area contributed by atoms with Crippen molar-refractivity contribution >= 4 is 40.8 Å². The number of carbonyl (C=O) groups is 3. The molecule has 0 aromatic heterocycles. The van der Waals surface area contributed by atoms with Crippen LogP contribution in [0, 0.1) is 17.0 Å². The van der Waals surface area contributed by atoms with Crippen molar-refractivity contribution in [1.82, 2.24) is 5.32 Å². The van der Waals surface area contributed by atoms with Crippen molar-refractivity contribution in [3.05, 3.63) is 104 Å². The predicted molar refractivity (Wildman–Crippen MR) is 126 cm³/mol. The number of hydrogen-bond donors (Lipinski definition) is 2. The van der Waals surface area contributed by atoms with E-state index in [1.54, 1.807) is 24.3 Å². The van der Waals surface area contributed by atoms with E-state index in [1.165, 1.54) is 12.1 Å². The van der Waals surface area contributed by atoms with Crippen LogP contribution in [0.3, 0.4) is 0 Å². The van der Waals surface area contributed by atoms with Gasteiger partial charge in [0.1, 0.15) is 5.02 Å². The average molecular weight is 482 g/mol. The number of nitro groups is 1. The minimum Gasteiger partial charge on any atom is -0.452 e. The molecule has 3 aromatic rings. The van der Waals surface area contributed by atoms with E-state index < -0.39 is 29.1 Å². The van der Waals surface area contributed by atoms with Crippen LogP contribution in [0.4, 0.5) is 11.4 Å².